The molecule has 148 valence electrons. The van der Waals surface area contributed by atoms with Gasteiger partial charge in [-0.3, -0.25) is 4.90 Å². The van der Waals surface area contributed by atoms with E-state index in [9.17, 15) is 0 Å². The average molecular weight is 381 g/mol. The molecule has 5 rings (SSSR count). The molecular formula is C23H27NO4. The van der Waals surface area contributed by atoms with Crippen molar-refractivity contribution in [3.8, 4) is 23.0 Å². The SMILES string of the molecule is CCCCOc1cc2c(cc1OC)CN1CCc3cc4c(cc3[C@@H]1C2)OCO4. The first-order valence-corrected chi connectivity index (χ1v) is 10.3. The molecule has 1 atom stereocenters. The second kappa shape index (κ2) is 7.21. The first-order chi connectivity index (χ1) is 13.8. The molecule has 0 aliphatic carbocycles. The molecule has 5 nitrogen and oxygen atoms in total. The lowest BCUT2D eigenvalue weighted by atomic mass is 9.83. The minimum atomic E-state index is 0.327. The Labute approximate surface area is 166 Å². The van der Waals surface area contributed by atoms with Crippen molar-refractivity contribution in [1.29, 1.82) is 0 Å². The van der Waals surface area contributed by atoms with E-state index in [2.05, 4.69) is 36.1 Å². The first kappa shape index (κ1) is 17.7. The van der Waals surface area contributed by atoms with Crippen LogP contribution in [0.25, 0.3) is 0 Å². The van der Waals surface area contributed by atoms with Gasteiger partial charge in [-0.2, -0.15) is 0 Å². The smallest absolute Gasteiger partial charge is 0.231 e. The molecule has 0 spiro atoms. The van der Waals surface area contributed by atoms with Gasteiger partial charge < -0.3 is 18.9 Å². The van der Waals surface area contributed by atoms with Crippen molar-refractivity contribution in [1.82, 2.24) is 4.90 Å². The van der Waals surface area contributed by atoms with E-state index >= 15 is 0 Å². The van der Waals surface area contributed by atoms with Crippen LogP contribution in [0.2, 0.25) is 0 Å². The molecule has 0 bridgehead atoms. The molecule has 0 radical (unpaired) electrons. The van der Waals surface area contributed by atoms with E-state index in [0.717, 1.165) is 68.4 Å². The molecule has 3 aliphatic heterocycles. The molecule has 3 aliphatic rings. The Morgan fingerprint density at radius 3 is 2.68 bits per heavy atom. The van der Waals surface area contributed by atoms with E-state index in [1.54, 1.807) is 7.11 Å². The van der Waals surface area contributed by atoms with Crippen LogP contribution in [0.5, 0.6) is 23.0 Å². The maximum Gasteiger partial charge on any atom is 0.231 e. The van der Waals surface area contributed by atoms with Crippen LogP contribution < -0.4 is 18.9 Å². The number of hydrogen-bond acceptors (Lipinski definition) is 5. The number of benzene rings is 2. The summed E-state index contributed by atoms with van der Waals surface area (Å²) < 4.78 is 22.9. The number of fused-ring (bicyclic) bond motifs is 5. The summed E-state index contributed by atoms with van der Waals surface area (Å²) in [5, 5.41) is 0. The second-order valence-electron chi connectivity index (χ2n) is 7.82. The zero-order chi connectivity index (χ0) is 19.1. The van der Waals surface area contributed by atoms with Crippen LogP contribution >= 0.6 is 0 Å². The second-order valence-corrected chi connectivity index (χ2v) is 7.82. The highest BCUT2D eigenvalue weighted by Crippen LogP contribution is 2.45. The summed E-state index contributed by atoms with van der Waals surface area (Å²) in [5.41, 5.74) is 5.48. The number of rotatable bonds is 5. The summed E-state index contributed by atoms with van der Waals surface area (Å²) in [6, 6.07) is 9.12. The van der Waals surface area contributed by atoms with Gasteiger partial charge >= 0.3 is 0 Å². The minimum Gasteiger partial charge on any atom is -0.493 e. The molecule has 0 saturated carbocycles. The van der Waals surface area contributed by atoms with Crippen LogP contribution in [0, 0.1) is 0 Å². The molecule has 28 heavy (non-hydrogen) atoms. The highest BCUT2D eigenvalue weighted by Gasteiger charge is 2.34. The zero-order valence-electron chi connectivity index (χ0n) is 16.6. The van der Waals surface area contributed by atoms with Crippen molar-refractivity contribution in [3.05, 3.63) is 46.5 Å². The Bertz CT molecular complexity index is 895. The van der Waals surface area contributed by atoms with E-state index in [1.807, 2.05) is 0 Å². The van der Waals surface area contributed by atoms with Crippen molar-refractivity contribution in [2.24, 2.45) is 0 Å². The molecule has 0 saturated heterocycles. The van der Waals surface area contributed by atoms with E-state index in [-0.39, 0.29) is 0 Å². The third-order valence-electron chi connectivity index (χ3n) is 6.13. The van der Waals surface area contributed by atoms with Gasteiger partial charge in [0, 0.05) is 19.1 Å². The summed E-state index contributed by atoms with van der Waals surface area (Å²) >= 11 is 0. The minimum absolute atomic E-state index is 0.327. The van der Waals surface area contributed by atoms with Gasteiger partial charge in [-0.1, -0.05) is 13.3 Å². The van der Waals surface area contributed by atoms with Gasteiger partial charge in [0.05, 0.1) is 13.7 Å². The molecule has 0 N–H and O–H groups in total. The van der Waals surface area contributed by atoms with E-state index in [1.165, 1.54) is 22.3 Å². The number of ether oxygens (including phenoxy) is 4. The third-order valence-corrected chi connectivity index (χ3v) is 6.13. The molecule has 0 unspecified atom stereocenters. The van der Waals surface area contributed by atoms with Crippen LogP contribution in [-0.4, -0.2) is 32.0 Å². The molecule has 0 fully saturated rings. The Kier molecular flexibility index (Phi) is 4.55. The van der Waals surface area contributed by atoms with Gasteiger partial charge in [0.25, 0.3) is 0 Å². The van der Waals surface area contributed by atoms with Gasteiger partial charge in [-0.25, -0.2) is 0 Å². The van der Waals surface area contributed by atoms with E-state index < -0.39 is 0 Å². The summed E-state index contributed by atoms with van der Waals surface area (Å²) in [4.78, 5) is 2.57. The van der Waals surface area contributed by atoms with Crippen LogP contribution in [0.4, 0.5) is 0 Å². The van der Waals surface area contributed by atoms with Crippen LogP contribution in [0.15, 0.2) is 24.3 Å². The van der Waals surface area contributed by atoms with Gasteiger partial charge in [0.15, 0.2) is 23.0 Å². The zero-order valence-corrected chi connectivity index (χ0v) is 16.6. The van der Waals surface area contributed by atoms with Gasteiger partial charge in [-0.15, -0.1) is 0 Å². The molecule has 5 heteroatoms. The normalized spacial score (nSPS) is 19.6. The lowest BCUT2D eigenvalue weighted by Gasteiger charge is -2.41. The largest absolute Gasteiger partial charge is 0.493 e. The van der Waals surface area contributed by atoms with Crippen molar-refractivity contribution < 1.29 is 18.9 Å². The van der Waals surface area contributed by atoms with Crippen LogP contribution in [0.3, 0.4) is 0 Å². The Morgan fingerprint density at radius 2 is 1.86 bits per heavy atom. The lowest BCUT2D eigenvalue weighted by molar-refractivity contribution is 0.160. The molecule has 0 aromatic heterocycles. The molecule has 2 aromatic carbocycles. The number of methoxy groups -OCH3 is 1. The first-order valence-electron chi connectivity index (χ1n) is 10.3. The van der Waals surface area contributed by atoms with Gasteiger partial charge in [0.1, 0.15) is 0 Å². The highest BCUT2D eigenvalue weighted by atomic mass is 16.7. The fourth-order valence-electron chi connectivity index (χ4n) is 4.58. The molecular weight excluding hydrogens is 354 g/mol. The Hall–Kier alpha value is -2.40. The molecule has 0 amide bonds. The quantitative estimate of drug-likeness (QED) is 0.724. The fourth-order valence-corrected chi connectivity index (χ4v) is 4.58. The lowest BCUT2D eigenvalue weighted by Crippen LogP contribution is -2.39. The highest BCUT2D eigenvalue weighted by molar-refractivity contribution is 5.53. The number of hydrogen-bond donors (Lipinski definition) is 0. The van der Waals surface area contributed by atoms with Crippen molar-refractivity contribution >= 4 is 0 Å². The monoisotopic (exact) mass is 381 g/mol. The van der Waals surface area contributed by atoms with Crippen molar-refractivity contribution in [2.75, 3.05) is 27.1 Å². The standard InChI is InChI=1S/C23H27NO4/c1-3-4-7-26-21-10-16-8-19-18-12-23-22(27-14-28-23)9-15(18)5-6-24(19)13-17(16)11-20(21)25-2/h9-12,19H,3-8,13-14H2,1-2H3/t19-/m0/s1. The molecule has 3 heterocycles. The Balaban J connectivity index is 1.47. The van der Waals surface area contributed by atoms with E-state index in [0.29, 0.717) is 12.8 Å². The summed E-state index contributed by atoms with van der Waals surface area (Å²) in [6.45, 7) is 5.24. The summed E-state index contributed by atoms with van der Waals surface area (Å²) in [7, 11) is 1.72. The van der Waals surface area contributed by atoms with Crippen LogP contribution in [-0.2, 0) is 19.4 Å². The van der Waals surface area contributed by atoms with Gasteiger partial charge in [-0.05, 0) is 65.8 Å². The fraction of sp³-hybridized carbons (Fsp3) is 0.478. The average Bonchev–Trinajstić information content (AvgIpc) is 3.18. The predicted octanol–water partition coefficient (Wildman–Crippen LogP) is 4.26. The topological polar surface area (TPSA) is 40.2 Å². The summed E-state index contributed by atoms with van der Waals surface area (Å²) in [6.07, 6.45) is 4.21. The maximum absolute atomic E-state index is 6.03. The van der Waals surface area contributed by atoms with Gasteiger partial charge in [0.2, 0.25) is 6.79 Å². The third kappa shape index (κ3) is 2.98. The van der Waals surface area contributed by atoms with E-state index in [4.69, 9.17) is 18.9 Å². The maximum atomic E-state index is 6.03. The number of nitrogens with zero attached hydrogens (tertiary/aromatic N) is 1. The molecule has 2 aromatic rings. The predicted molar refractivity (Wildman–Crippen MR) is 107 cm³/mol. The van der Waals surface area contributed by atoms with Crippen LogP contribution in [0.1, 0.15) is 48.1 Å². The number of unbranched alkanes of at least 4 members (excludes halogenated alkanes) is 1. The van der Waals surface area contributed by atoms with Crippen molar-refractivity contribution in [3.63, 3.8) is 0 Å². The Morgan fingerprint density at radius 1 is 1.04 bits per heavy atom. The van der Waals surface area contributed by atoms with Crippen molar-refractivity contribution in [2.45, 2.75) is 45.2 Å². The summed E-state index contributed by atoms with van der Waals surface area (Å²) in [5.74, 6) is 3.48.